The molecule has 0 saturated carbocycles. The molecule has 0 aliphatic carbocycles. The van der Waals surface area contributed by atoms with Gasteiger partial charge in [0.25, 0.3) is 0 Å². The maximum Gasteiger partial charge on any atom is 0.330 e. The Morgan fingerprint density at radius 1 is 1.21 bits per heavy atom. The molecule has 0 bridgehead atoms. The van der Waals surface area contributed by atoms with Crippen molar-refractivity contribution in [3.05, 3.63) is 28.8 Å². The molecule has 0 unspecified atom stereocenters. The lowest BCUT2D eigenvalue weighted by atomic mass is 10.2. The fraction of sp³-hybridized carbons (Fsp3) is 0.182. The molecular formula is C11H12ClN5O2. The molecule has 1 heterocycles. The lowest BCUT2D eigenvalue weighted by Crippen LogP contribution is -2.12. The van der Waals surface area contributed by atoms with Crippen molar-refractivity contribution in [2.24, 2.45) is 5.84 Å². The van der Waals surface area contributed by atoms with Gasteiger partial charge in [0.1, 0.15) is 5.75 Å². The lowest BCUT2D eigenvalue weighted by molar-refractivity contribution is 0.360. The first-order valence-electron chi connectivity index (χ1n) is 5.33. The monoisotopic (exact) mass is 281 g/mol. The highest BCUT2D eigenvalue weighted by Crippen LogP contribution is 2.29. The molecule has 1 aromatic carbocycles. The first-order chi connectivity index (χ1) is 9.12. The second-order valence-electron chi connectivity index (χ2n) is 3.61. The zero-order valence-corrected chi connectivity index (χ0v) is 11.1. The number of rotatable bonds is 4. The Labute approximate surface area is 114 Å². The molecule has 0 atom stereocenters. The predicted molar refractivity (Wildman–Crippen MR) is 70.5 cm³/mol. The van der Waals surface area contributed by atoms with E-state index in [1.807, 2.05) is 13.0 Å². The van der Waals surface area contributed by atoms with E-state index in [0.717, 1.165) is 5.56 Å². The number of hydrogen-bond donors (Lipinski definition) is 2. The maximum absolute atomic E-state index is 6.03. The Bertz CT molecular complexity index is 571. The maximum atomic E-state index is 6.03. The number of nitrogen functional groups attached to an aromatic ring is 1. The van der Waals surface area contributed by atoms with Crippen LogP contribution in [0.3, 0.4) is 0 Å². The number of hydrogen-bond acceptors (Lipinski definition) is 7. The minimum Gasteiger partial charge on any atom is -0.467 e. The predicted octanol–water partition coefficient (Wildman–Crippen LogP) is 1.92. The topological polar surface area (TPSA) is 95.2 Å². The Hall–Kier alpha value is -2.12. The van der Waals surface area contributed by atoms with Crippen LogP contribution in [0, 0.1) is 6.92 Å². The molecule has 0 saturated heterocycles. The summed E-state index contributed by atoms with van der Waals surface area (Å²) in [5, 5.41) is 0.451. The van der Waals surface area contributed by atoms with Gasteiger partial charge < -0.3 is 9.47 Å². The van der Waals surface area contributed by atoms with Crippen molar-refractivity contribution in [3.63, 3.8) is 0 Å². The van der Waals surface area contributed by atoms with Gasteiger partial charge in [0.15, 0.2) is 0 Å². The largest absolute Gasteiger partial charge is 0.467 e. The van der Waals surface area contributed by atoms with Crippen molar-refractivity contribution in [3.8, 4) is 17.8 Å². The summed E-state index contributed by atoms with van der Waals surface area (Å²) in [6.45, 7) is 1.92. The molecule has 0 aliphatic rings. The number of nitrogens with one attached hydrogen (secondary N) is 1. The molecule has 8 heteroatoms. The second-order valence-corrected chi connectivity index (χ2v) is 4.02. The highest BCUT2D eigenvalue weighted by Gasteiger charge is 2.10. The number of benzene rings is 1. The Balaban J connectivity index is 2.34. The number of nitrogens with two attached hydrogens (primary N) is 1. The van der Waals surface area contributed by atoms with Crippen LogP contribution in [0.1, 0.15) is 5.56 Å². The summed E-state index contributed by atoms with van der Waals surface area (Å²) in [6, 6.07) is 5.49. The number of methoxy groups -OCH3 is 1. The molecule has 0 amide bonds. The van der Waals surface area contributed by atoms with Crippen LogP contribution in [0.25, 0.3) is 0 Å². The van der Waals surface area contributed by atoms with Gasteiger partial charge in [-0.05, 0) is 24.6 Å². The summed E-state index contributed by atoms with van der Waals surface area (Å²) >= 11 is 6.03. The van der Waals surface area contributed by atoms with Crippen molar-refractivity contribution in [2.45, 2.75) is 6.92 Å². The Morgan fingerprint density at radius 3 is 2.63 bits per heavy atom. The van der Waals surface area contributed by atoms with Crippen molar-refractivity contribution >= 4 is 17.5 Å². The molecule has 3 N–H and O–H groups in total. The zero-order chi connectivity index (χ0) is 13.8. The number of aromatic nitrogens is 3. The second kappa shape index (κ2) is 5.68. The molecule has 0 aliphatic heterocycles. The SMILES string of the molecule is COc1nc(NN)nc(Oc2cc(C)ccc2Cl)n1. The van der Waals surface area contributed by atoms with Crippen LogP contribution in [0.5, 0.6) is 17.8 Å². The fourth-order valence-electron chi connectivity index (χ4n) is 1.33. The van der Waals surface area contributed by atoms with E-state index in [9.17, 15) is 0 Å². The van der Waals surface area contributed by atoms with Crippen LogP contribution in [0.4, 0.5) is 5.95 Å². The molecule has 19 heavy (non-hydrogen) atoms. The summed E-state index contributed by atoms with van der Waals surface area (Å²) in [7, 11) is 1.43. The van der Waals surface area contributed by atoms with Gasteiger partial charge in [0, 0.05) is 0 Å². The minimum atomic E-state index is 0.0345. The van der Waals surface area contributed by atoms with Crippen molar-refractivity contribution in [2.75, 3.05) is 12.5 Å². The van der Waals surface area contributed by atoms with Gasteiger partial charge in [-0.1, -0.05) is 17.7 Å². The van der Waals surface area contributed by atoms with E-state index in [4.69, 9.17) is 26.9 Å². The average Bonchev–Trinajstić information content (AvgIpc) is 2.42. The van der Waals surface area contributed by atoms with Gasteiger partial charge in [-0.15, -0.1) is 4.98 Å². The summed E-state index contributed by atoms with van der Waals surface area (Å²) in [5.41, 5.74) is 3.30. The van der Waals surface area contributed by atoms with Gasteiger partial charge >= 0.3 is 12.0 Å². The molecule has 0 fully saturated rings. The standard InChI is InChI=1S/C11H12ClN5O2/c1-6-3-4-7(12)8(5-6)19-11-15-9(17-13)14-10(16-11)18-2/h3-5H,13H2,1-2H3,(H,14,15,16,17). The summed E-state index contributed by atoms with van der Waals surface area (Å²) in [5.74, 6) is 5.82. The van der Waals surface area contributed by atoms with E-state index < -0.39 is 0 Å². The Kier molecular flexibility index (Phi) is 3.98. The van der Waals surface area contributed by atoms with E-state index in [-0.39, 0.29) is 18.0 Å². The van der Waals surface area contributed by atoms with E-state index in [0.29, 0.717) is 10.8 Å². The third kappa shape index (κ3) is 3.21. The van der Waals surface area contributed by atoms with Gasteiger partial charge in [-0.2, -0.15) is 9.97 Å². The number of hydrazine groups is 1. The normalized spacial score (nSPS) is 10.1. The summed E-state index contributed by atoms with van der Waals surface area (Å²) in [6.07, 6.45) is 0. The first kappa shape index (κ1) is 13.3. The van der Waals surface area contributed by atoms with Gasteiger partial charge in [0.2, 0.25) is 5.95 Å². The van der Waals surface area contributed by atoms with Crippen molar-refractivity contribution in [1.82, 2.24) is 15.0 Å². The molecule has 7 nitrogen and oxygen atoms in total. The van der Waals surface area contributed by atoms with Crippen molar-refractivity contribution < 1.29 is 9.47 Å². The van der Waals surface area contributed by atoms with E-state index in [2.05, 4.69) is 20.4 Å². The number of ether oxygens (including phenoxy) is 2. The number of halogens is 1. The van der Waals surface area contributed by atoms with Crippen LogP contribution in [-0.2, 0) is 0 Å². The molecule has 2 aromatic rings. The van der Waals surface area contributed by atoms with Crippen LogP contribution in [0.2, 0.25) is 5.02 Å². The summed E-state index contributed by atoms with van der Waals surface area (Å²) in [4.78, 5) is 11.8. The van der Waals surface area contributed by atoms with E-state index in [1.54, 1.807) is 12.1 Å². The molecule has 0 radical (unpaired) electrons. The fourth-order valence-corrected chi connectivity index (χ4v) is 1.48. The van der Waals surface area contributed by atoms with Crippen LogP contribution >= 0.6 is 11.6 Å². The molecule has 2 rings (SSSR count). The van der Waals surface area contributed by atoms with Crippen LogP contribution in [-0.4, -0.2) is 22.1 Å². The Morgan fingerprint density at radius 2 is 1.95 bits per heavy atom. The van der Waals surface area contributed by atoms with E-state index >= 15 is 0 Å². The molecule has 0 spiro atoms. The molecule has 100 valence electrons. The smallest absolute Gasteiger partial charge is 0.330 e. The summed E-state index contributed by atoms with van der Waals surface area (Å²) < 4.78 is 10.4. The van der Waals surface area contributed by atoms with Gasteiger partial charge in [-0.25, -0.2) is 5.84 Å². The van der Waals surface area contributed by atoms with Crippen molar-refractivity contribution in [1.29, 1.82) is 0 Å². The minimum absolute atomic E-state index is 0.0345. The first-order valence-corrected chi connectivity index (χ1v) is 5.71. The van der Waals surface area contributed by atoms with Crippen LogP contribution < -0.4 is 20.7 Å². The lowest BCUT2D eigenvalue weighted by Gasteiger charge is -2.08. The highest BCUT2D eigenvalue weighted by atomic mass is 35.5. The third-order valence-electron chi connectivity index (χ3n) is 2.19. The van der Waals surface area contributed by atoms with Gasteiger partial charge in [-0.3, -0.25) is 5.43 Å². The van der Waals surface area contributed by atoms with E-state index in [1.165, 1.54) is 7.11 Å². The molecule has 1 aromatic heterocycles. The highest BCUT2D eigenvalue weighted by molar-refractivity contribution is 6.32. The van der Waals surface area contributed by atoms with Gasteiger partial charge in [0.05, 0.1) is 12.1 Å². The number of nitrogens with zero attached hydrogens (tertiary/aromatic N) is 3. The molecular weight excluding hydrogens is 270 g/mol. The number of anilines is 1. The quantitative estimate of drug-likeness (QED) is 0.653. The third-order valence-corrected chi connectivity index (χ3v) is 2.51. The zero-order valence-electron chi connectivity index (χ0n) is 10.3. The van der Waals surface area contributed by atoms with Crippen LogP contribution in [0.15, 0.2) is 18.2 Å². The average molecular weight is 282 g/mol. The number of aryl methyl sites for hydroxylation is 1.